The van der Waals surface area contributed by atoms with E-state index in [-0.39, 0.29) is 6.04 Å². The van der Waals surface area contributed by atoms with Gasteiger partial charge >= 0.3 is 0 Å². The Morgan fingerprint density at radius 1 is 1.67 bits per heavy atom. The summed E-state index contributed by atoms with van der Waals surface area (Å²) in [5, 5.41) is 12.7. The van der Waals surface area contributed by atoms with E-state index in [2.05, 4.69) is 5.32 Å². The van der Waals surface area contributed by atoms with Crippen LogP contribution in [0.15, 0.2) is 0 Å². The minimum atomic E-state index is -0.552. The second kappa shape index (κ2) is 2.48. The first kappa shape index (κ1) is 7.38. The van der Waals surface area contributed by atoms with Crippen molar-refractivity contribution in [2.45, 2.75) is 25.5 Å². The van der Waals surface area contributed by atoms with Gasteiger partial charge in [-0.3, -0.25) is 0 Å². The minimum absolute atomic E-state index is 0.280. The van der Waals surface area contributed by atoms with Crippen molar-refractivity contribution in [2.75, 3.05) is 11.6 Å². The highest BCUT2D eigenvalue weighted by Crippen LogP contribution is 2.19. The lowest BCUT2D eigenvalue weighted by atomic mass is 10.0. The van der Waals surface area contributed by atoms with Crippen molar-refractivity contribution in [3.63, 3.8) is 0 Å². The standard InChI is InChI=1S/C6H13NOS/c1-6(2,8)5-3-9-4-7-5/h5,7-8H,3-4H2,1-2H3/t5-/m0/s1. The summed E-state index contributed by atoms with van der Waals surface area (Å²) in [4.78, 5) is 0. The summed E-state index contributed by atoms with van der Waals surface area (Å²) in [5.41, 5.74) is -0.552. The molecule has 2 N–H and O–H groups in total. The van der Waals surface area contributed by atoms with E-state index in [9.17, 15) is 5.11 Å². The topological polar surface area (TPSA) is 32.3 Å². The summed E-state index contributed by atoms with van der Waals surface area (Å²) in [6.45, 7) is 3.69. The van der Waals surface area contributed by atoms with E-state index >= 15 is 0 Å². The molecule has 2 nitrogen and oxygen atoms in total. The Morgan fingerprint density at radius 3 is 2.56 bits per heavy atom. The maximum absolute atomic E-state index is 9.44. The van der Waals surface area contributed by atoms with Gasteiger partial charge < -0.3 is 10.4 Å². The van der Waals surface area contributed by atoms with E-state index < -0.39 is 5.60 Å². The van der Waals surface area contributed by atoms with Gasteiger partial charge in [-0.25, -0.2) is 0 Å². The van der Waals surface area contributed by atoms with Crippen LogP contribution in [-0.4, -0.2) is 28.4 Å². The van der Waals surface area contributed by atoms with Crippen LogP contribution in [0.5, 0.6) is 0 Å². The van der Waals surface area contributed by atoms with Crippen molar-refractivity contribution in [1.82, 2.24) is 5.32 Å². The molecule has 0 bridgehead atoms. The molecule has 0 unspecified atom stereocenters. The molecule has 0 radical (unpaired) electrons. The van der Waals surface area contributed by atoms with Crippen molar-refractivity contribution >= 4 is 11.8 Å². The van der Waals surface area contributed by atoms with Crippen molar-refractivity contribution in [2.24, 2.45) is 0 Å². The summed E-state index contributed by atoms with van der Waals surface area (Å²) in [6, 6.07) is 0.280. The first-order chi connectivity index (χ1) is 4.11. The highest BCUT2D eigenvalue weighted by atomic mass is 32.2. The average molecular weight is 147 g/mol. The molecule has 1 aliphatic heterocycles. The first-order valence-corrected chi connectivity index (χ1v) is 4.29. The van der Waals surface area contributed by atoms with Gasteiger partial charge in [-0.1, -0.05) is 0 Å². The molecule has 0 amide bonds. The Balaban J connectivity index is 2.42. The molecule has 0 saturated carbocycles. The zero-order valence-corrected chi connectivity index (χ0v) is 6.66. The summed E-state index contributed by atoms with van der Waals surface area (Å²) >= 11 is 1.84. The number of aliphatic hydroxyl groups is 1. The average Bonchev–Trinajstić information content (AvgIpc) is 2.08. The van der Waals surface area contributed by atoms with Crippen LogP contribution in [0.25, 0.3) is 0 Å². The smallest absolute Gasteiger partial charge is 0.0752 e. The zero-order valence-electron chi connectivity index (χ0n) is 5.85. The van der Waals surface area contributed by atoms with Gasteiger partial charge in [-0.15, -0.1) is 11.8 Å². The normalized spacial score (nSPS) is 29.0. The third-order valence-electron chi connectivity index (χ3n) is 1.57. The Morgan fingerprint density at radius 2 is 2.33 bits per heavy atom. The predicted octanol–water partition coefficient (Wildman–Crippen LogP) is 0.420. The highest BCUT2D eigenvalue weighted by molar-refractivity contribution is 7.99. The van der Waals surface area contributed by atoms with Crippen LogP contribution >= 0.6 is 11.8 Å². The molecule has 1 fully saturated rings. The van der Waals surface area contributed by atoms with Crippen molar-refractivity contribution < 1.29 is 5.11 Å². The number of rotatable bonds is 1. The number of thioether (sulfide) groups is 1. The Kier molecular flexibility index (Phi) is 2.03. The Hall–Kier alpha value is 0.270. The lowest BCUT2D eigenvalue weighted by Gasteiger charge is -2.24. The molecule has 54 valence electrons. The van der Waals surface area contributed by atoms with E-state index in [0.717, 1.165) is 11.6 Å². The molecule has 1 heterocycles. The lowest BCUT2D eigenvalue weighted by molar-refractivity contribution is 0.0505. The number of hydrogen-bond donors (Lipinski definition) is 2. The molecule has 0 spiro atoms. The van der Waals surface area contributed by atoms with Crippen molar-refractivity contribution in [1.29, 1.82) is 0 Å². The van der Waals surface area contributed by atoms with Gasteiger partial charge in [-0.05, 0) is 13.8 Å². The van der Waals surface area contributed by atoms with Gasteiger partial charge in [0.25, 0.3) is 0 Å². The van der Waals surface area contributed by atoms with Gasteiger partial charge in [0.15, 0.2) is 0 Å². The van der Waals surface area contributed by atoms with Crippen LogP contribution in [-0.2, 0) is 0 Å². The molecule has 0 aromatic heterocycles. The van der Waals surface area contributed by atoms with Crippen molar-refractivity contribution in [3.05, 3.63) is 0 Å². The second-order valence-corrected chi connectivity index (χ2v) is 3.96. The summed E-state index contributed by atoms with van der Waals surface area (Å²) in [6.07, 6.45) is 0. The van der Waals surface area contributed by atoms with Gasteiger partial charge in [0.1, 0.15) is 0 Å². The second-order valence-electron chi connectivity index (χ2n) is 2.93. The van der Waals surface area contributed by atoms with E-state index in [1.807, 2.05) is 25.6 Å². The van der Waals surface area contributed by atoms with Gasteiger partial charge in [0.05, 0.1) is 5.60 Å². The zero-order chi connectivity index (χ0) is 6.91. The van der Waals surface area contributed by atoms with E-state index in [1.54, 1.807) is 0 Å². The van der Waals surface area contributed by atoms with Crippen LogP contribution < -0.4 is 5.32 Å². The molecule has 0 aromatic rings. The monoisotopic (exact) mass is 147 g/mol. The maximum Gasteiger partial charge on any atom is 0.0752 e. The van der Waals surface area contributed by atoms with E-state index in [4.69, 9.17) is 0 Å². The van der Waals surface area contributed by atoms with Gasteiger partial charge in [0.2, 0.25) is 0 Å². The molecule has 0 aromatic carbocycles. The molecule has 1 atom stereocenters. The lowest BCUT2D eigenvalue weighted by Crippen LogP contribution is -2.44. The van der Waals surface area contributed by atoms with E-state index in [0.29, 0.717) is 0 Å². The molecule has 1 rings (SSSR count). The molecular weight excluding hydrogens is 134 g/mol. The summed E-state index contributed by atoms with van der Waals surface area (Å²) in [5.74, 6) is 2.01. The quantitative estimate of drug-likeness (QED) is 0.564. The fourth-order valence-corrected chi connectivity index (χ4v) is 2.05. The van der Waals surface area contributed by atoms with Crippen LogP contribution in [0.1, 0.15) is 13.8 Å². The molecule has 1 saturated heterocycles. The molecule has 0 aliphatic carbocycles. The van der Waals surface area contributed by atoms with Crippen molar-refractivity contribution in [3.8, 4) is 0 Å². The molecule has 9 heavy (non-hydrogen) atoms. The third-order valence-corrected chi connectivity index (χ3v) is 2.51. The fraction of sp³-hybridized carbons (Fsp3) is 1.00. The predicted molar refractivity (Wildman–Crippen MR) is 40.5 cm³/mol. The maximum atomic E-state index is 9.44. The fourth-order valence-electron chi connectivity index (χ4n) is 0.849. The third kappa shape index (κ3) is 1.85. The number of nitrogens with one attached hydrogen (secondary N) is 1. The Labute approximate surface area is 60.0 Å². The highest BCUT2D eigenvalue weighted by Gasteiger charge is 2.29. The minimum Gasteiger partial charge on any atom is -0.389 e. The van der Waals surface area contributed by atoms with Crippen LogP contribution in [0.3, 0.4) is 0 Å². The first-order valence-electron chi connectivity index (χ1n) is 3.14. The largest absolute Gasteiger partial charge is 0.389 e. The van der Waals surface area contributed by atoms with E-state index in [1.165, 1.54) is 0 Å². The van der Waals surface area contributed by atoms with Gasteiger partial charge in [-0.2, -0.15) is 0 Å². The van der Waals surface area contributed by atoms with Gasteiger partial charge in [0, 0.05) is 17.7 Å². The molecular formula is C6H13NOS. The molecule has 1 aliphatic rings. The summed E-state index contributed by atoms with van der Waals surface area (Å²) < 4.78 is 0. The Bertz CT molecular complexity index is 93.7. The SMILES string of the molecule is CC(C)(O)[C@@H]1CSCN1. The van der Waals surface area contributed by atoms with Crippen LogP contribution in [0.2, 0.25) is 0 Å². The summed E-state index contributed by atoms with van der Waals surface area (Å²) in [7, 11) is 0. The van der Waals surface area contributed by atoms with Crippen LogP contribution in [0, 0.1) is 0 Å². The van der Waals surface area contributed by atoms with Crippen LogP contribution in [0.4, 0.5) is 0 Å². The number of hydrogen-bond acceptors (Lipinski definition) is 3. The molecule has 3 heteroatoms.